The van der Waals surface area contributed by atoms with Crippen molar-refractivity contribution in [2.45, 2.75) is 88.2 Å². The molecule has 0 spiro atoms. The highest BCUT2D eigenvalue weighted by atomic mass is 16.4. The largest absolute Gasteiger partial charge is 0.480 e. The average molecular weight is 645 g/mol. The number of aliphatic hydroxyl groups is 2. The lowest BCUT2D eigenvalue weighted by atomic mass is 10.1. The summed E-state index contributed by atoms with van der Waals surface area (Å²) < 4.78 is 0. The van der Waals surface area contributed by atoms with Gasteiger partial charge in [-0.1, -0.05) is 0 Å². The van der Waals surface area contributed by atoms with Crippen molar-refractivity contribution >= 4 is 41.5 Å². The van der Waals surface area contributed by atoms with Gasteiger partial charge in [-0.15, -0.1) is 0 Å². The van der Waals surface area contributed by atoms with Crippen molar-refractivity contribution in [3.05, 3.63) is 0 Å². The Bertz CT molecular complexity index is 1050. The number of carbonyl (C=O) groups is 6. The molecule has 1 fully saturated rings. The maximum Gasteiger partial charge on any atom is 0.326 e. The number of unbranched alkanes of at least 4 members (excludes halogenated alkanes) is 1. The first kappa shape index (κ1) is 39.0. The summed E-state index contributed by atoms with van der Waals surface area (Å²) in [6.45, 7) is 0.666. The molecule has 1 heterocycles. The van der Waals surface area contributed by atoms with Crippen LogP contribution in [0.3, 0.4) is 0 Å². The molecule has 256 valence electrons. The van der Waals surface area contributed by atoms with Crippen LogP contribution in [0.15, 0.2) is 4.99 Å². The van der Waals surface area contributed by atoms with Gasteiger partial charge < -0.3 is 64.4 Å². The van der Waals surface area contributed by atoms with Crippen LogP contribution in [0.5, 0.6) is 0 Å². The van der Waals surface area contributed by atoms with Gasteiger partial charge in [0.25, 0.3) is 0 Å². The highest BCUT2D eigenvalue weighted by Crippen LogP contribution is 2.18. The van der Waals surface area contributed by atoms with E-state index in [0.717, 1.165) is 0 Å². The molecule has 19 heteroatoms. The van der Waals surface area contributed by atoms with Crippen molar-refractivity contribution in [1.82, 2.24) is 26.2 Å². The summed E-state index contributed by atoms with van der Waals surface area (Å²) in [5.41, 5.74) is 21.6. The van der Waals surface area contributed by atoms with Gasteiger partial charge in [-0.3, -0.25) is 29.0 Å². The third-order valence-electron chi connectivity index (χ3n) is 7.07. The van der Waals surface area contributed by atoms with Crippen LogP contribution in [0.4, 0.5) is 0 Å². The van der Waals surface area contributed by atoms with Crippen LogP contribution in [-0.2, 0) is 28.8 Å². The SMILES string of the molecule is C[C@@H](O)[C@H](N)C(=O)N[C@@H](CCCCN)C(=O)NCC(=O)N1CCC[C@H]1C(=O)N[C@@H](CO)C(=O)N[C@@H](CCCN=C(N)N)C(=O)O. The van der Waals surface area contributed by atoms with Crippen molar-refractivity contribution in [2.75, 3.05) is 32.8 Å². The number of hydrogen-bond acceptors (Lipinski definition) is 11. The predicted octanol–water partition coefficient (Wildman–Crippen LogP) is -5.48. The third-order valence-corrected chi connectivity index (χ3v) is 7.07. The molecule has 0 aromatic heterocycles. The van der Waals surface area contributed by atoms with Crippen molar-refractivity contribution in [3.63, 3.8) is 0 Å². The molecule has 19 nitrogen and oxygen atoms in total. The second kappa shape index (κ2) is 20.1. The molecule has 5 amide bonds. The molecular weight excluding hydrogens is 596 g/mol. The molecule has 1 aliphatic heterocycles. The number of aliphatic hydroxyl groups excluding tert-OH is 2. The van der Waals surface area contributed by atoms with E-state index >= 15 is 0 Å². The number of likely N-dealkylation sites (tertiary alicyclic amines) is 1. The Morgan fingerprint density at radius 3 is 2.16 bits per heavy atom. The zero-order valence-electron chi connectivity index (χ0n) is 25.4. The summed E-state index contributed by atoms with van der Waals surface area (Å²) >= 11 is 0. The number of aliphatic imine (C=N–C) groups is 1. The van der Waals surface area contributed by atoms with Crippen molar-refractivity contribution < 1.29 is 44.1 Å². The highest BCUT2D eigenvalue weighted by molar-refractivity contribution is 5.95. The molecule has 6 atom stereocenters. The van der Waals surface area contributed by atoms with Gasteiger partial charge in [0.15, 0.2) is 5.96 Å². The number of nitrogens with one attached hydrogen (secondary N) is 4. The van der Waals surface area contributed by atoms with Crippen LogP contribution in [0.2, 0.25) is 0 Å². The summed E-state index contributed by atoms with van der Waals surface area (Å²) in [4.78, 5) is 80.5. The summed E-state index contributed by atoms with van der Waals surface area (Å²) in [6, 6.07) is -6.17. The van der Waals surface area contributed by atoms with E-state index in [1.165, 1.54) is 11.8 Å². The van der Waals surface area contributed by atoms with Gasteiger partial charge in [0, 0.05) is 13.1 Å². The van der Waals surface area contributed by atoms with E-state index in [4.69, 9.17) is 22.9 Å². The van der Waals surface area contributed by atoms with Crippen LogP contribution in [-0.4, -0.2) is 131 Å². The van der Waals surface area contributed by atoms with Gasteiger partial charge in [0.1, 0.15) is 30.2 Å². The van der Waals surface area contributed by atoms with Gasteiger partial charge in [-0.05, 0) is 58.4 Å². The topological polar surface area (TPSA) is 331 Å². The Hall–Kier alpha value is -4.07. The molecular formula is C26H48N10O9. The Kier molecular flexibility index (Phi) is 17.4. The second-order valence-corrected chi connectivity index (χ2v) is 10.7. The Morgan fingerprint density at radius 2 is 1.58 bits per heavy atom. The molecule has 1 aliphatic rings. The van der Waals surface area contributed by atoms with E-state index in [2.05, 4.69) is 26.3 Å². The predicted molar refractivity (Wildman–Crippen MR) is 161 cm³/mol. The van der Waals surface area contributed by atoms with Crippen LogP contribution >= 0.6 is 0 Å². The number of carboxylic acid groups (broad SMARTS) is 1. The molecule has 45 heavy (non-hydrogen) atoms. The quantitative estimate of drug-likeness (QED) is 0.0335. The fraction of sp³-hybridized carbons (Fsp3) is 0.731. The van der Waals surface area contributed by atoms with Gasteiger partial charge in [0.05, 0.1) is 19.3 Å². The smallest absolute Gasteiger partial charge is 0.326 e. The second-order valence-electron chi connectivity index (χ2n) is 10.7. The maximum absolute atomic E-state index is 13.0. The lowest BCUT2D eigenvalue weighted by molar-refractivity contribution is -0.143. The van der Waals surface area contributed by atoms with E-state index in [0.29, 0.717) is 25.8 Å². The summed E-state index contributed by atoms with van der Waals surface area (Å²) in [7, 11) is 0. The molecule has 0 aromatic rings. The minimum Gasteiger partial charge on any atom is -0.480 e. The Balaban J connectivity index is 2.79. The average Bonchev–Trinajstić information content (AvgIpc) is 3.49. The lowest BCUT2D eigenvalue weighted by Crippen LogP contribution is -2.57. The van der Waals surface area contributed by atoms with E-state index in [-0.39, 0.29) is 44.7 Å². The van der Waals surface area contributed by atoms with Crippen molar-refractivity contribution in [2.24, 2.45) is 27.9 Å². The summed E-state index contributed by atoms with van der Waals surface area (Å²) in [6.07, 6.45) is 1.01. The van der Waals surface area contributed by atoms with E-state index in [9.17, 15) is 44.1 Å². The minimum atomic E-state index is -1.50. The maximum atomic E-state index is 13.0. The first-order valence-electron chi connectivity index (χ1n) is 14.7. The van der Waals surface area contributed by atoms with Gasteiger partial charge >= 0.3 is 5.97 Å². The minimum absolute atomic E-state index is 0.0223. The monoisotopic (exact) mass is 644 g/mol. The first-order chi connectivity index (χ1) is 21.2. The number of carbonyl (C=O) groups excluding carboxylic acids is 5. The number of amides is 5. The molecule has 15 N–H and O–H groups in total. The fourth-order valence-corrected chi connectivity index (χ4v) is 4.47. The molecule has 0 saturated carbocycles. The van der Waals surface area contributed by atoms with E-state index in [1.54, 1.807) is 0 Å². The Labute approximate surface area is 260 Å². The Morgan fingerprint density at radius 1 is 0.933 bits per heavy atom. The molecule has 0 radical (unpaired) electrons. The molecule has 0 aromatic carbocycles. The van der Waals surface area contributed by atoms with Crippen LogP contribution in [0.25, 0.3) is 0 Å². The van der Waals surface area contributed by atoms with E-state index < -0.39 is 85.0 Å². The fourth-order valence-electron chi connectivity index (χ4n) is 4.47. The number of aliphatic carboxylic acids is 1. The lowest BCUT2D eigenvalue weighted by Gasteiger charge is -2.27. The third kappa shape index (κ3) is 13.6. The molecule has 0 unspecified atom stereocenters. The summed E-state index contributed by atoms with van der Waals surface area (Å²) in [5.74, 6) is -5.22. The molecule has 0 aliphatic carbocycles. The number of hydrogen-bond donors (Lipinski definition) is 11. The number of nitrogens with zero attached hydrogens (tertiary/aromatic N) is 2. The zero-order valence-corrected chi connectivity index (χ0v) is 25.4. The van der Waals surface area contributed by atoms with Gasteiger partial charge in [-0.25, -0.2) is 4.79 Å². The number of guanidine groups is 1. The van der Waals surface area contributed by atoms with Crippen LogP contribution < -0.4 is 44.2 Å². The van der Waals surface area contributed by atoms with Gasteiger partial charge in [0.2, 0.25) is 29.5 Å². The van der Waals surface area contributed by atoms with Crippen LogP contribution in [0.1, 0.15) is 51.9 Å². The van der Waals surface area contributed by atoms with Crippen molar-refractivity contribution in [3.8, 4) is 0 Å². The molecule has 1 rings (SSSR count). The van der Waals surface area contributed by atoms with Crippen molar-refractivity contribution in [1.29, 1.82) is 0 Å². The summed E-state index contributed by atoms with van der Waals surface area (Å²) in [5, 5.41) is 38.3. The standard InChI is InChI=1S/C26H48N10O9/c1-14(38)20(28)24(43)33-15(6-2-3-9-27)21(40)32-12-19(39)36-11-5-8-18(36)23(42)35-17(13-37)22(41)34-16(25(44)45)7-4-10-31-26(29)30/h14-18,20,37-38H,2-13,27-28H2,1H3,(H,32,40)(H,33,43)(H,34,41)(H,35,42)(H,44,45)(H4,29,30,31)/t14-,15+,16+,17+,18+,20+/m1/s1. The van der Waals surface area contributed by atoms with Crippen LogP contribution in [0, 0.1) is 0 Å². The number of rotatable bonds is 20. The molecule has 1 saturated heterocycles. The number of nitrogens with two attached hydrogens (primary N) is 4. The normalized spacial score (nSPS) is 17.6. The highest BCUT2D eigenvalue weighted by Gasteiger charge is 2.36. The van der Waals surface area contributed by atoms with E-state index in [1.807, 2.05) is 0 Å². The molecule has 0 bridgehead atoms. The van der Waals surface area contributed by atoms with Gasteiger partial charge in [-0.2, -0.15) is 0 Å². The number of carboxylic acids is 1. The first-order valence-corrected chi connectivity index (χ1v) is 14.7. The zero-order chi connectivity index (χ0) is 34.1.